The summed E-state index contributed by atoms with van der Waals surface area (Å²) in [4.78, 5) is 38.5. The number of aromatic amines is 1. The Hall–Kier alpha value is -2.83. The first-order chi connectivity index (χ1) is 18.9. The second kappa shape index (κ2) is 12.4. The Kier molecular flexibility index (Phi) is 9.31. The average Bonchev–Trinajstić information content (AvgIpc) is 3.13. The van der Waals surface area contributed by atoms with Gasteiger partial charge in [0.15, 0.2) is 11.9 Å². The highest BCUT2D eigenvalue weighted by molar-refractivity contribution is 7.62. The number of aliphatic hydroxyl groups is 1. The number of H-pyrrole nitrogens is 1. The van der Waals surface area contributed by atoms with Crippen LogP contribution in [0.1, 0.15) is 52.2 Å². The molecule has 14 heteroatoms. The third kappa shape index (κ3) is 7.08. The van der Waals surface area contributed by atoms with Gasteiger partial charge < -0.3 is 23.6 Å². The summed E-state index contributed by atoms with van der Waals surface area (Å²) in [6, 6.07) is 5.16. The molecule has 2 fully saturated rings. The number of carbonyl (C=O) groups excluding carboxylic acids is 1. The Morgan fingerprint density at radius 2 is 1.95 bits per heavy atom. The number of carbonyl (C=O) groups is 1. The fraction of sp³-hybridized carbons (Fsp3) is 0.538. The molecule has 2 aliphatic rings. The standard InChI is InChI=1S/C26H34F2N3O8P/c1-16(23(34)37-18-7-5-4-6-8-18)30-40(3,39-19-11-9-17(27)10-12-19)36-15-20-22(33)26(2,28)24(38-20)31-14-13-21(32)29-25(31)35/h9-14,16,18,20,22,24,30,33H,3-8,15H2,1-2H3,(H,29,32,35)/t16-,20+,22+,24+,26+,40?/m0/s1. The second-order valence-corrected chi connectivity index (χ2v) is 12.2. The molecule has 2 heterocycles. The minimum absolute atomic E-state index is 0.181. The number of nitrogens with zero attached hydrogens (tertiary/aromatic N) is 1. The zero-order valence-corrected chi connectivity index (χ0v) is 23.2. The van der Waals surface area contributed by atoms with E-state index in [0.29, 0.717) is 0 Å². The summed E-state index contributed by atoms with van der Waals surface area (Å²) in [7, 11) is -3.45. The summed E-state index contributed by atoms with van der Waals surface area (Å²) in [6.45, 7) is 2.16. The van der Waals surface area contributed by atoms with Crippen LogP contribution in [-0.4, -0.2) is 63.6 Å². The monoisotopic (exact) mass is 585 g/mol. The third-order valence-electron chi connectivity index (χ3n) is 6.91. The van der Waals surface area contributed by atoms with Gasteiger partial charge in [0.05, 0.1) is 6.61 Å². The highest BCUT2D eigenvalue weighted by Crippen LogP contribution is 2.47. The lowest BCUT2D eigenvalue weighted by molar-refractivity contribution is -0.152. The fourth-order valence-corrected chi connectivity index (χ4v) is 6.43. The average molecular weight is 586 g/mol. The molecule has 1 aliphatic carbocycles. The van der Waals surface area contributed by atoms with Crippen LogP contribution in [0.15, 0.2) is 46.1 Å². The highest BCUT2D eigenvalue weighted by atomic mass is 31.2. The Morgan fingerprint density at radius 3 is 2.60 bits per heavy atom. The number of halogens is 2. The molecule has 1 aliphatic heterocycles. The molecule has 1 unspecified atom stereocenters. The minimum atomic E-state index is -3.45. The van der Waals surface area contributed by atoms with Gasteiger partial charge in [-0.25, -0.2) is 18.7 Å². The van der Waals surface area contributed by atoms with E-state index in [4.69, 9.17) is 18.5 Å². The van der Waals surface area contributed by atoms with Gasteiger partial charge in [-0.2, -0.15) is 0 Å². The van der Waals surface area contributed by atoms with Gasteiger partial charge in [0.1, 0.15) is 35.9 Å². The SMILES string of the molecule is C=P(N[C@@H](C)C(=O)OC1CCCCC1)(OC[C@H]1O[C@@H](n2ccc(=O)[nH]c2=O)[C@](C)(F)[C@@H]1O)Oc1ccc(F)cc1. The van der Waals surface area contributed by atoms with Gasteiger partial charge in [0, 0.05) is 12.3 Å². The number of nitrogens with one attached hydrogen (secondary N) is 2. The van der Waals surface area contributed by atoms with Crippen LogP contribution in [0.4, 0.5) is 8.78 Å². The van der Waals surface area contributed by atoms with E-state index >= 15 is 4.39 Å². The highest BCUT2D eigenvalue weighted by Gasteiger charge is 2.55. The largest absolute Gasteiger partial charge is 0.461 e. The number of hydrogen-bond donors (Lipinski definition) is 3. The van der Waals surface area contributed by atoms with Gasteiger partial charge in [-0.3, -0.25) is 19.1 Å². The molecule has 3 N–H and O–H groups in total. The summed E-state index contributed by atoms with van der Waals surface area (Å²) in [5, 5.41) is 13.6. The van der Waals surface area contributed by atoms with Gasteiger partial charge in [-0.05, 0) is 70.1 Å². The smallest absolute Gasteiger partial charge is 0.330 e. The Morgan fingerprint density at radius 1 is 1.27 bits per heavy atom. The molecule has 1 saturated carbocycles. The van der Waals surface area contributed by atoms with Crippen molar-refractivity contribution in [1.82, 2.24) is 14.6 Å². The molecule has 6 atom stereocenters. The van der Waals surface area contributed by atoms with Crippen molar-refractivity contribution < 1.29 is 37.2 Å². The molecule has 220 valence electrons. The van der Waals surface area contributed by atoms with Crippen LogP contribution in [0.3, 0.4) is 0 Å². The predicted octanol–water partition coefficient (Wildman–Crippen LogP) is 2.81. The summed E-state index contributed by atoms with van der Waals surface area (Å²) < 4.78 is 53.0. The molecular weight excluding hydrogens is 551 g/mol. The van der Waals surface area contributed by atoms with Crippen LogP contribution >= 0.6 is 7.49 Å². The van der Waals surface area contributed by atoms with Crippen LogP contribution in [0.2, 0.25) is 0 Å². The van der Waals surface area contributed by atoms with Crippen molar-refractivity contribution in [1.29, 1.82) is 0 Å². The van der Waals surface area contributed by atoms with E-state index in [9.17, 15) is 23.9 Å². The van der Waals surface area contributed by atoms with Crippen LogP contribution in [-0.2, 0) is 18.8 Å². The quantitative estimate of drug-likeness (QED) is 0.284. The first-order valence-corrected chi connectivity index (χ1v) is 14.8. The molecule has 0 radical (unpaired) electrons. The number of ether oxygens (including phenoxy) is 2. The molecular formula is C26H34F2N3O8P. The fourth-order valence-electron chi connectivity index (χ4n) is 4.71. The number of benzene rings is 1. The predicted molar refractivity (Wildman–Crippen MR) is 143 cm³/mol. The van der Waals surface area contributed by atoms with Crippen molar-refractivity contribution in [3.8, 4) is 5.75 Å². The van der Waals surface area contributed by atoms with Crippen LogP contribution in [0.5, 0.6) is 5.75 Å². The molecule has 0 bridgehead atoms. The molecule has 11 nitrogen and oxygen atoms in total. The molecule has 0 spiro atoms. The van der Waals surface area contributed by atoms with Gasteiger partial charge in [-0.15, -0.1) is 0 Å². The number of esters is 1. The molecule has 1 saturated heterocycles. The first kappa shape index (κ1) is 30.1. The number of aliphatic hydroxyl groups excluding tert-OH is 1. The maximum atomic E-state index is 15.6. The van der Waals surface area contributed by atoms with Crippen molar-refractivity contribution in [3.63, 3.8) is 0 Å². The lowest BCUT2D eigenvalue weighted by atomic mass is 9.98. The van der Waals surface area contributed by atoms with Crippen LogP contribution < -0.4 is 20.9 Å². The van der Waals surface area contributed by atoms with E-state index in [-0.39, 0.29) is 11.9 Å². The van der Waals surface area contributed by atoms with Crippen LogP contribution in [0.25, 0.3) is 0 Å². The number of aromatic nitrogens is 2. The summed E-state index contributed by atoms with van der Waals surface area (Å²) in [6.07, 6.45) is 4.90. The molecule has 1 aromatic heterocycles. The van der Waals surface area contributed by atoms with E-state index in [1.54, 1.807) is 6.92 Å². The lowest BCUT2D eigenvalue weighted by Gasteiger charge is -2.31. The molecule has 40 heavy (non-hydrogen) atoms. The normalized spacial score (nSPS) is 27.6. The number of alkyl halides is 1. The number of rotatable bonds is 10. The van der Waals surface area contributed by atoms with Gasteiger partial charge in [0.25, 0.3) is 5.56 Å². The van der Waals surface area contributed by atoms with E-state index in [1.165, 1.54) is 24.3 Å². The van der Waals surface area contributed by atoms with E-state index < -0.39 is 67.3 Å². The molecule has 4 rings (SSSR count). The Labute approximate surface area is 229 Å². The summed E-state index contributed by atoms with van der Waals surface area (Å²) in [5.41, 5.74) is -4.03. The lowest BCUT2D eigenvalue weighted by Crippen LogP contribution is -2.44. The van der Waals surface area contributed by atoms with Crippen molar-refractivity contribution in [3.05, 3.63) is 63.2 Å². The first-order valence-electron chi connectivity index (χ1n) is 13.0. The van der Waals surface area contributed by atoms with Crippen molar-refractivity contribution in [2.45, 2.75) is 82.2 Å². The van der Waals surface area contributed by atoms with Crippen LogP contribution in [0, 0.1) is 5.82 Å². The summed E-state index contributed by atoms with van der Waals surface area (Å²) >= 11 is 0. The Bertz CT molecular complexity index is 1340. The van der Waals surface area contributed by atoms with E-state index in [1.807, 2.05) is 4.98 Å². The van der Waals surface area contributed by atoms with Gasteiger partial charge in [-0.1, -0.05) is 6.42 Å². The maximum absolute atomic E-state index is 15.6. The van der Waals surface area contributed by atoms with Crippen molar-refractivity contribution in [2.75, 3.05) is 6.61 Å². The zero-order valence-electron chi connectivity index (χ0n) is 22.3. The third-order valence-corrected chi connectivity index (χ3v) is 8.77. The zero-order chi connectivity index (χ0) is 29.1. The van der Waals surface area contributed by atoms with Crippen molar-refractivity contribution >= 4 is 19.8 Å². The van der Waals surface area contributed by atoms with Crippen molar-refractivity contribution in [2.24, 2.45) is 0 Å². The Balaban J connectivity index is 1.49. The minimum Gasteiger partial charge on any atom is -0.461 e. The summed E-state index contributed by atoms with van der Waals surface area (Å²) in [5.74, 6) is -0.838. The second-order valence-electron chi connectivity index (χ2n) is 10.2. The maximum Gasteiger partial charge on any atom is 0.330 e. The molecule has 2 aromatic rings. The van der Waals surface area contributed by atoms with Gasteiger partial charge in [0.2, 0.25) is 7.49 Å². The van der Waals surface area contributed by atoms with E-state index in [0.717, 1.165) is 55.9 Å². The molecule has 1 aromatic carbocycles. The van der Waals surface area contributed by atoms with E-state index in [2.05, 4.69) is 11.4 Å². The van der Waals surface area contributed by atoms with Gasteiger partial charge >= 0.3 is 11.7 Å². The molecule has 0 amide bonds. The number of hydrogen-bond acceptors (Lipinski definition) is 9. The topological polar surface area (TPSA) is 141 Å².